The molecule has 0 aliphatic heterocycles. The number of aryl methyl sites for hydroxylation is 1. The highest BCUT2D eigenvalue weighted by Gasteiger charge is 2.47. The lowest BCUT2D eigenvalue weighted by Crippen LogP contribution is -2.67. The Bertz CT molecular complexity index is 1750. The van der Waals surface area contributed by atoms with Gasteiger partial charge in [0.05, 0.1) is 10.5 Å². The van der Waals surface area contributed by atoms with Gasteiger partial charge in [-0.2, -0.15) is 0 Å². The predicted octanol–water partition coefficient (Wildman–Crippen LogP) is 6.07. The van der Waals surface area contributed by atoms with Gasteiger partial charge in [-0.05, 0) is 48.4 Å². The molecule has 1 heterocycles. The molecule has 6 N–H and O–H groups in total. The minimum atomic E-state index is -4.96. The molecule has 1 aliphatic rings. The summed E-state index contributed by atoms with van der Waals surface area (Å²) in [7, 11) is 0. The fourth-order valence-electron chi connectivity index (χ4n) is 6.01. The van der Waals surface area contributed by atoms with Gasteiger partial charge in [-0.1, -0.05) is 81.9 Å². The van der Waals surface area contributed by atoms with Crippen LogP contribution in [0.15, 0.2) is 36.4 Å². The molecule has 2 unspecified atom stereocenters. The molecule has 3 aromatic rings. The lowest BCUT2D eigenvalue weighted by atomic mass is 9.78. The fraction of sp³-hybridized carbons (Fsp3) is 0.471. The third kappa shape index (κ3) is 8.94. The number of carbonyl (C=O) groups excluding carboxylic acids is 4. The van der Waals surface area contributed by atoms with Gasteiger partial charge in [-0.15, -0.1) is 13.2 Å². The predicted molar refractivity (Wildman–Crippen MR) is 181 cm³/mol. The fourth-order valence-corrected chi connectivity index (χ4v) is 6.55. The van der Waals surface area contributed by atoms with E-state index in [0.717, 1.165) is 11.8 Å². The molecule has 5 atom stereocenters. The first-order valence-electron chi connectivity index (χ1n) is 16.2. The highest BCUT2D eigenvalue weighted by atomic mass is 35.5. The Morgan fingerprint density at radius 3 is 2.32 bits per heavy atom. The van der Waals surface area contributed by atoms with Gasteiger partial charge in [0.2, 0.25) is 17.7 Å². The van der Waals surface area contributed by atoms with Crippen molar-refractivity contribution in [2.24, 2.45) is 17.6 Å². The molecule has 272 valence electrons. The number of aromatic amines is 1. The largest absolute Gasteiger partial charge is 0.573 e. The number of amides is 4. The van der Waals surface area contributed by atoms with Crippen molar-refractivity contribution in [1.82, 2.24) is 20.9 Å². The molecular weight excluding hydrogens is 702 g/mol. The van der Waals surface area contributed by atoms with E-state index in [1.807, 2.05) is 6.92 Å². The van der Waals surface area contributed by atoms with E-state index < -0.39 is 66.1 Å². The smallest absolute Gasteiger partial charge is 0.445 e. The molecule has 4 amide bonds. The number of para-hydroxylation sites is 1. The van der Waals surface area contributed by atoms with Crippen LogP contribution in [-0.4, -0.2) is 52.8 Å². The van der Waals surface area contributed by atoms with Crippen molar-refractivity contribution in [3.05, 3.63) is 63.3 Å². The number of hydrogen-bond donors (Lipinski definition) is 5. The van der Waals surface area contributed by atoms with Gasteiger partial charge < -0.3 is 36.1 Å². The zero-order valence-electron chi connectivity index (χ0n) is 27.9. The van der Waals surface area contributed by atoms with Crippen molar-refractivity contribution in [3.8, 4) is 5.75 Å². The van der Waals surface area contributed by atoms with Crippen LogP contribution in [0.5, 0.6) is 5.75 Å². The van der Waals surface area contributed by atoms with Crippen LogP contribution in [-0.2, 0) is 38.6 Å². The van der Waals surface area contributed by atoms with Crippen molar-refractivity contribution in [1.29, 1.82) is 0 Å². The van der Waals surface area contributed by atoms with E-state index in [0.29, 0.717) is 45.8 Å². The molecule has 0 bridgehead atoms. The summed E-state index contributed by atoms with van der Waals surface area (Å²) in [5.74, 6) is -3.43. The van der Waals surface area contributed by atoms with E-state index in [-0.39, 0.29) is 24.3 Å². The second-order valence-corrected chi connectivity index (χ2v) is 13.5. The number of alkyl carbamates (subject to hydrolysis) is 1. The highest BCUT2D eigenvalue weighted by molar-refractivity contribution is 6.38. The Hall–Kier alpha value is -4.17. The van der Waals surface area contributed by atoms with Gasteiger partial charge in [0.15, 0.2) is 0 Å². The number of nitrogens with two attached hydrogens (primary N) is 1. The number of nitrogens with one attached hydrogen (secondary N) is 4. The van der Waals surface area contributed by atoms with Gasteiger partial charge in [0.25, 0.3) is 0 Å². The number of fused-ring (bicyclic) bond motifs is 3. The Balaban J connectivity index is 1.63. The van der Waals surface area contributed by atoms with Crippen LogP contribution in [0, 0.1) is 11.8 Å². The number of carbonyl (C=O) groups is 4. The Morgan fingerprint density at radius 1 is 1.02 bits per heavy atom. The average molecular weight is 743 g/mol. The van der Waals surface area contributed by atoms with Gasteiger partial charge in [0, 0.05) is 28.1 Å². The molecule has 1 aliphatic carbocycles. The van der Waals surface area contributed by atoms with Crippen molar-refractivity contribution < 1.29 is 41.8 Å². The van der Waals surface area contributed by atoms with E-state index in [1.165, 1.54) is 18.2 Å². The summed E-state index contributed by atoms with van der Waals surface area (Å²) in [6, 6.07) is 6.21. The van der Waals surface area contributed by atoms with E-state index in [2.05, 4.69) is 25.7 Å². The molecule has 4 rings (SSSR count). The summed E-state index contributed by atoms with van der Waals surface area (Å²) in [6.45, 7) is 6.53. The van der Waals surface area contributed by atoms with Crippen LogP contribution in [0.2, 0.25) is 10.0 Å². The number of ether oxygens (including phenoxy) is 2. The number of alkyl halides is 3. The van der Waals surface area contributed by atoms with Crippen molar-refractivity contribution in [2.75, 3.05) is 0 Å². The monoisotopic (exact) mass is 741 g/mol. The van der Waals surface area contributed by atoms with E-state index in [1.54, 1.807) is 32.9 Å². The number of aromatic nitrogens is 1. The van der Waals surface area contributed by atoms with Crippen LogP contribution >= 0.6 is 23.2 Å². The third-order valence-corrected chi connectivity index (χ3v) is 9.75. The second-order valence-electron chi connectivity index (χ2n) is 12.6. The summed E-state index contributed by atoms with van der Waals surface area (Å²) in [4.78, 5) is 57.1. The zero-order chi connectivity index (χ0) is 37.0. The van der Waals surface area contributed by atoms with Gasteiger partial charge in [-0.25, -0.2) is 4.79 Å². The number of halogens is 5. The molecule has 0 spiro atoms. The number of benzene rings is 2. The number of hydrogen-bond acceptors (Lipinski definition) is 6. The quantitative estimate of drug-likeness (QED) is 0.143. The Kier molecular flexibility index (Phi) is 12.2. The van der Waals surface area contributed by atoms with E-state index in [4.69, 9.17) is 33.7 Å². The van der Waals surface area contributed by atoms with Crippen LogP contribution in [0.4, 0.5) is 18.0 Å². The second kappa shape index (κ2) is 15.8. The minimum absolute atomic E-state index is 0.0176. The maximum atomic E-state index is 14.3. The van der Waals surface area contributed by atoms with Gasteiger partial charge in [0.1, 0.15) is 30.0 Å². The first-order valence-corrected chi connectivity index (χ1v) is 16.9. The number of rotatable bonds is 13. The summed E-state index contributed by atoms with van der Waals surface area (Å²) in [6.07, 6.45) is -4.70. The molecule has 0 saturated carbocycles. The minimum Gasteiger partial charge on any atom is -0.445 e. The third-order valence-electron chi connectivity index (χ3n) is 9.23. The average Bonchev–Trinajstić information content (AvgIpc) is 3.41. The molecule has 2 aromatic carbocycles. The highest BCUT2D eigenvalue weighted by Crippen LogP contribution is 2.38. The van der Waals surface area contributed by atoms with Crippen LogP contribution < -0.4 is 26.4 Å². The Morgan fingerprint density at radius 2 is 1.68 bits per heavy atom. The van der Waals surface area contributed by atoms with Crippen molar-refractivity contribution >= 4 is 57.9 Å². The van der Waals surface area contributed by atoms with E-state index >= 15 is 0 Å². The summed E-state index contributed by atoms with van der Waals surface area (Å²) in [5, 5.41) is 9.57. The van der Waals surface area contributed by atoms with Crippen LogP contribution in [0.3, 0.4) is 0 Å². The standard InChI is InChI=1S/C34H40Cl2F3N5O6/c1-5-17(3)26(29(40)45)42-31(47)33(12-11-24-22(15-33)21-13-20(35)14-23(36)28(21)41-24)44-30(46)27(18(4)6-2)43-32(48)49-16-19-9-7-8-10-25(19)50-34(37,38)39/h7-10,13-14,17-18,26-27,41H,5-6,11-12,15-16H2,1-4H3,(H2,40,45)(H,42,47)(H,43,48)(H,44,46)/t17-,18?,26-,27?,33+/m0/s1. The maximum Gasteiger partial charge on any atom is 0.573 e. The summed E-state index contributed by atoms with van der Waals surface area (Å²) in [5.41, 5.74) is 6.11. The summed E-state index contributed by atoms with van der Waals surface area (Å²) >= 11 is 12.8. The van der Waals surface area contributed by atoms with Crippen LogP contribution in [0.1, 0.15) is 63.8 Å². The summed E-state index contributed by atoms with van der Waals surface area (Å²) < 4.78 is 47.9. The van der Waals surface area contributed by atoms with Crippen molar-refractivity contribution in [3.63, 3.8) is 0 Å². The molecule has 16 heteroatoms. The molecule has 0 radical (unpaired) electrons. The normalized spacial score (nSPS) is 18.3. The molecule has 1 aromatic heterocycles. The zero-order valence-corrected chi connectivity index (χ0v) is 29.4. The van der Waals surface area contributed by atoms with Crippen LogP contribution in [0.25, 0.3) is 10.9 Å². The molecular formula is C34H40Cl2F3N5O6. The lowest BCUT2D eigenvalue weighted by Gasteiger charge is -2.39. The molecule has 0 saturated heterocycles. The van der Waals surface area contributed by atoms with Gasteiger partial charge >= 0.3 is 12.5 Å². The maximum absolute atomic E-state index is 14.3. The first-order chi connectivity index (χ1) is 23.5. The topological polar surface area (TPSA) is 165 Å². The van der Waals surface area contributed by atoms with Gasteiger partial charge in [-0.3, -0.25) is 14.4 Å². The number of H-pyrrole nitrogens is 1. The SMILES string of the molecule is CCC(C)C(NC(=O)OCc1ccccc1OC(F)(F)F)C(=O)N[C@]1(C(=O)N[C@H](C(N)=O)[C@@H](C)CC)CCc2[nH]c3c(Cl)cc(Cl)cc3c2C1. The van der Waals surface area contributed by atoms with E-state index in [9.17, 15) is 32.3 Å². The lowest BCUT2D eigenvalue weighted by molar-refractivity contribution is -0.275. The van der Waals surface area contributed by atoms with Crippen molar-refractivity contribution in [2.45, 2.75) is 90.4 Å². The molecule has 11 nitrogen and oxygen atoms in total. The number of primary amides is 1. The molecule has 50 heavy (non-hydrogen) atoms. The first kappa shape index (κ1) is 38.6. The molecule has 0 fully saturated rings. The Labute approximate surface area is 297 Å².